The average molecular weight is 474 g/mol. The highest BCUT2D eigenvalue weighted by atomic mass is 35.5. The number of carbonyl (C=O) groups excluding carboxylic acids is 2. The fourth-order valence-electron chi connectivity index (χ4n) is 3.91. The van der Waals surface area contributed by atoms with Crippen LogP contribution in [0.15, 0.2) is 83.3 Å². The second-order valence-corrected chi connectivity index (χ2v) is 8.48. The van der Waals surface area contributed by atoms with E-state index in [4.69, 9.17) is 27.6 Å². The number of anilines is 1. The Labute approximate surface area is 200 Å². The molecule has 2 amide bonds. The Morgan fingerprint density at radius 3 is 2.30 bits per heavy atom. The Morgan fingerprint density at radius 2 is 1.52 bits per heavy atom. The van der Waals surface area contributed by atoms with Gasteiger partial charge >= 0.3 is 0 Å². The standard InChI is InChI=1S/C27H17Cl2NO3/c1-16-6-4-7-17(14-16)30-26(31)20-9-3-2-8-19(20)22(27(30)32)15-18-12-13-24(33-18)21-10-5-11-23(28)25(21)29/h2-15H,1H3. The molecule has 3 aromatic carbocycles. The van der Waals surface area contributed by atoms with Crippen LogP contribution < -0.4 is 4.90 Å². The summed E-state index contributed by atoms with van der Waals surface area (Å²) in [5, 5.41) is 0.817. The number of carbonyl (C=O) groups is 2. The number of hydrogen-bond donors (Lipinski definition) is 0. The van der Waals surface area contributed by atoms with Crippen LogP contribution in [0.25, 0.3) is 23.0 Å². The van der Waals surface area contributed by atoms with E-state index in [0.717, 1.165) is 5.56 Å². The van der Waals surface area contributed by atoms with E-state index in [1.165, 1.54) is 4.90 Å². The van der Waals surface area contributed by atoms with Crippen LogP contribution in [0.2, 0.25) is 10.0 Å². The minimum Gasteiger partial charge on any atom is -0.457 e. The van der Waals surface area contributed by atoms with Crippen molar-refractivity contribution in [2.24, 2.45) is 0 Å². The van der Waals surface area contributed by atoms with Gasteiger partial charge in [0.05, 0.1) is 21.3 Å². The van der Waals surface area contributed by atoms with Gasteiger partial charge in [-0.05, 0) is 61.0 Å². The van der Waals surface area contributed by atoms with E-state index < -0.39 is 5.91 Å². The Balaban J connectivity index is 1.62. The van der Waals surface area contributed by atoms with E-state index in [9.17, 15) is 9.59 Å². The monoisotopic (exact) mass is 473 g/mol. The first kappa shape index (κ1) is 21.3. The van der Waals surface area contributed by atoms with Crippen molar-refractivity contribution in [3.63, 3.8) is 0 Å². The Morgan fingerprint density at radius 1 is 0.788 bits per heavy atom. The molecule has 0 saturated carbocycles. The highest BCUT2D eigenvalue weighted by Crippen LogP contribution is 2.37. The molecule has 0 bridgehead atoms. The number of rotatable bonds is 3. The van der Waals surface area contributed by atoms with Gasteiger partial charge in [0.2, 0.25) is 0 Å². The predicted molar refractivity (Wildman–Crippen MR) is 131 cm³/mol. The summed E-state index contributed by atoms with van der Waals surface area (Å²) in [6.07, 6.45) is 1.65. The number of aryl methyl sites for hydroxylation is 1. The van der Waals surface area contributed by atoms with Gasteiger partial charge < -0.3 is 4.42 Å². The molecule has 2 heterocycles. The van der Waals surface area contributed by atoms with E-state index >= 15 is 0 Å². The third-order valence-electron chi connectivity index (χ3n) is 5.47. The van der Waals surface area contributed by atoms with Gasteiger partial charge in [-0.15, -0.1) is 0 Å². The van der Waals surface area contributed by atoms with E-state index in [-0.39, 0.29) is 5.91 Å². The zero-order valence-corrected chi connectivity index (χ0v) is 19.0. The lowest BCUT2D eigenvalue weighted by atomic mass is 9.92. The van der Waals surface area contributed by atoms with Crippen LogP contribution in [-0.4, -0.2) is 11.8 Å². The number of amides is 2. The molecule has 1 aromatic heterocycles. The summed E-state index contributed by atoms with van der Waals surface area (Å²) in [7, 11) is 0. The van der Waals surface area contributed by atoms with Crippen molar-refractivity contribution in [3.8, 4) is 11.3 Å². The molecule has 4 aromatic rings. The number of nitrogens with zero attached hydrogens (tertiary/aromatic N) is 1. The molecule has 0 unspecified atom stereocenters. The van der Waals surface area contributed by atoms with Crippen molar-refractivity contribution in [1.82, 2.24) is 0 Å². The number of furan rings is 1. The average Bonchev–Trinajstić information content (AvgIpc) is 3.27. The Kier molecular flexibility index (Phi) is 5.41. The van der Waals surface area contributed by atoms with Crippen LogP contribution in [-0.2, 0) is 4.79 Å². The van der Waals surface area contributed by atoms with Gasteiger partial charge in [0.15, 0.2) is 0 Å². The Bertz CT molecular complexity index is 1450. The van der Waals surface area contributed by atoms with Crippen LogP contribution in [0.4, 0.5) is 5.69 Å². The lowest BCUT2D eigenvalue weighted by Crippen LogP contribution is -2.41. The van der Waals surface area contributed by atoms with Crippen LogP contribution in [0, 0.1) is 6.92 Å². The zero-order valence-electron chi connectivity index (χ0n) is 17.5. The lowest BCUT2D eigenvalue weighted by Gasteiger charge is -2.28. The van der Waals surface area contributed by atoms with Crippen LogP contribution in [0.3, 0.4) is 0 Å². The quantitative estimate of drug-likeness (QED) is 0.231. The Hall–Kier alpha value is -3.60. The van der Waals surface area contributed by atoms with Crippen molar-refractivity contribution in [3.05, 3.63) is 111 Å². The molecule has 0 aliphatic carbocycles. The summed E-state index contributed by atoms with van der Waals surface area (Å²) in [5.74, 6) is 0.211. The number of benzene rings is 3. The SMILES string of the molecule is Cc1cccc(N2C(=O)C(=Cc3ccc(-c4cccc(Cl)c4Cl)o3)c3ccccc3C2=O)c1. The molecule has 0 spiro atoms. The summed E-state index contributed by atoms with van der Waals surface area (Å²) < 4.78 is 5.98. The summed E-state index contributed by atoms with van der Waals surface area (Å²) >= 11 is 12.5. The number of halogens is 2. The van der Waals surface area contributed by atoms with E-state index in [2.05, 4.69) is 0 Å². The highest BCUT2D eigenvalue weighted by molar-refractivity contribution is 6.44. The molecular formula is C27H17Cl2NO3. The third kappa shape index (κ3) is 3.78. The molecule has 6 heteroatoms. The van der Waals surface area contributed by atoms with E-state index in [0.29, 0.717) is 49.5 Å². The van der Waals surface area contributed by atoms with Crippen molar-refractivity contribution < 1.29 is 14.0 Å². The fourth-order valence-corrected chi connectivity index (χ4v) is 4.30. The van der Waals surface area contributed by atoms with Crippen molar-refractivity contribution in [2.45, 2.75) is 6.92 Å². The molecular weight excluding hydrogens is 457 g/mol. The second-order valence-electron chi connectivity index (χ2n) is 7.69. The molecule has 33 heavy (non-hydrogen) atoms. The van der Waals surface area contributed by atoms with Crippen molar-refractivity contribution >= 4 is 52.4 Å². The molecule has 0 saturated heterocycles. The summed E-state index contributed by atoms with van der Waals surface area (Å²) in [5.41, 5.74) is 3.51. The molecule has 0 fully saturated rings. The topological polar surface area (TPSA) is 50.5 Å². The number of imide groups is 1. The van der Waals surface area contributed by atoms with Crippen LogP contribution in [0.5, 0.6) is 0 Å². The normalized spacial score (nSPS) is 14.6. The molecule has 1 aliphatic rings. The van der Waals surface area contributed by atoms with Crippen molar-refractivity contribution in [2.75, 3.05) is 4.90 Å². The molecule has 1 aliphatic heterocycles. The minimum absolute atomic E-state index is 0.357. The highest BCUT2D eigenvalue weighted by Gasteiger charge is 2.36. The molecule has 162 valence electrons. The first-order chi connectivity index (χ1) is 15.9. The summed E-state index contributed by atoms with van der Waals surface area (Å²) in [4.78, 5) is 28.0. The second kappa shape index (κ2) is 8.39. The van der Waals surface area contributed by atoms with Gasteiger partial charge in [-0.2, -0.15) is 0 Å². The largest absolute Gasteiger partial charge is 0.457 e. The van der Waals surface area contributed by atoms with Crippen molar-refractivity contribution in [1.29, 1.82) is 0 Å². The smallest absolute Gasteiger partial charge is 0.266 e. The van der Waals surface area contributed by atoms with Gasteiger partial charge in [-0.1, -0.05) is 59.6 Å². The molecule has 4 nitrogen and oxygen atoms in total. The first-order valence-electron chi connectivity index (χ1n) is 10.2. The summed E-state index contributed by atoms with van der Waals surface area (Å²) in [6, 6.07) is 23.2. The van der Waals surface area contributed by atoms with Gasteiger partial charge in [0.1, 0.15) is 11.5 Å². The number of fused-ring (bicyclic) bond motifs is 1. The zero-order chi connectivity index (χ0) is 23.1. The maximum Gasteiger partial charge on any atom is 0.266 e. The first-order valence-corrected chi connectivity index (χ1v) is 11.0. The van der Waals surface area contributed by atoms with Gasteiger partial charge in [0.25, 0.3) is 11.8 Å². The molecule has 0 atom stereocenters. The lowest BCUT2D eigenvalue weighted by molar-refractivity contribution is -0.112. The fraction of sp³-hybridized carbons (Fsp3) is 0.0370. The number of hydrogen-bond acceptors (Lipinski definition) is 3. The van der Waals surface area contributed by atoms with Gasteiger partial charge in [0, 0.05) is 16.7 Å². The molecule has 0 N–H and O–H groups in total. The van der Waals surface area contributed by atoms with Crippen LogP contribution in [0.1, 0.15) is 27.2 Å². The maximum atomic E-state index is 13.5. The van der Waals surface area contributed by atoms with Crippen LogP contribution >= 0.6 is 23.2 Å². The maximum absolute atomic E-state index is 13.5. The van der Waals surface area contributed by atoms with E-state index in [1.807, 2.05) is 31.2 Å². The predicted octanol–water partition coefficient (Wildman–Crippen LogP) is 7.29. The van der Waals surface area contributed by atoms with Gasteiger partial charge in [-0.25, -0.2) is 4.90 Å². The summed E-state index contributed by atoms with van der Waals surface area (Å²) in [6.45, 7) is 1.92. The van der Waals surface area contributed by atoms with Gasteiger partial charge in [-0.3, -0.25) is 9.59 Å². The van der Waals surface area contributed by atoms with E-state index in [1.54, 1.807) is 60.7 Å². The third-order valence-corrected chi connectivity index (χ3v) is 6.29. The minimum atomic E-state index is -0.414. The molecule has 0 radical (unpaired) electrons. The molecule has 5 rings (SSSR count).